The lowest BCUT2D eigenvalue weighted by Gasteiger charge is -2.03. The quantitative estimate of drug-likeness (QED) is 0.612. The number of nitrogens with one attached hydrogen (secondary N) is 2. The minimum absolute atomic E-state index is 0.227. The summed E-state index contributed by atoms with van der Waals surface area (Å²) in [7, 11) is 0. The Morgan fingerprint density at radius 3 is 3.20 bits per heavy atom. The van der Waals surface area contributed by atoms with Crippen molar-refractivity contribution in [3.05, 3.63) is 41.7 Å². The van der Waals surface area contributed by atoms with Crippen LogP contribution in [0, 0.1) is 5.82 Å². The van der Waals surface area contributed by atoms with Crippen LogP contribution >= 0.6 is 0 Å². The normalized spacial score (nSPS) is 14.2. The standard InChI is InChI=1S/C10H9FN4/c11-8-2-1-7-4-12-5-10-14-13-6-15(10)9(7)3-8/h1-3,6,12H,4-5H2/p+1. The zero-order chi connectivity index (χ0) is 10.3. The number of rotatable bonds is 0. The van der Waals surface area contributed by atoms with Crippen LogP contribution in [-0.2, 0) is 13.1 Å². The molecule has 0 amide bonds. The molecule has 0 saturated heterocycles. The molecule has 1 aromatic heterocycles. The summed E-state index contributed by atoms with van der Waals surface area (Å²) < 4.78 is 15.0. The average Bonchev–Trinajstić information content (AvgIpc) is 2.62. The van der Waals surface area contributed by atoms with E-state index in [9.17, 15) is 4.39 Å². The zero-order valence-electron chi connectivity index (χ0n) is 8.00. The van der Waals surface area contributed by atoms with Crippen molar-refractivity contribution in [2.24, 2.45) is 0 Å². The van der Waals surface area contributed by atoms with Crippen LogP contribution in [0.2, 0.25) is 0 Å². The Labute approximate surface area is 85.8 Å². The molecule has 0 atom stereocenters. The Morgan fingerprint density at radius 1 is 1.33 bits per heavy atom. The number of benzene rings is 1. The summed E-state index contributed by atoms with van der Waals surface area (Å²) in [4.78, 5) is 0. The van der Waals surface area contributed by atoms with Gasteiger partial charge in [0, 0.05) is 23.3 Å². The van der Waals surface area contributed by atoms with Gasteiger partial charge in [0.25, 0.3) is 12.2 Å². The summed E-state index contributed by atoms with van der Waals surface area (Å²) in [5.41, 5.74) is 1.92. The molecule has 0 bridgehead atoms. The lowest BCUT2D eigenvalue weighted by atomic mass is 10.1. The van der Waals surface area contributed by atoms with Crippen molar-refractivity contribution >= 4 is 0 Å². The predicted molar refractivity (Wildman–Crippen MR) is 50.6 cm³/mol. The molecule has 0 unspecified atom stereocenters. The van der Waals surface area contributed by atoms with Crippen molar-refractivity contribution in [3.63, 3.8) is 0 Å². The second kappa shape index (κ2) is 3.13. The maximum atomic E-state index is 13.2. The van der Waals surface area contributed by atoms with E-state index in [1.54, 1.807) is 12.4 Å². The number of H-pyrrole nitrogens is 1. The number of hydrogen-bond donors (Lipinski definition) is 2. The van der Waals surface area contributed by atoms with Crippen LogP contribution in [0.3, 0.4) is 0 Å². The molecule has 0 spiro atoms. The number of aromatic nitrogens is 3. The van der Waals surface area contributed by atoms with Gasteiger partial charge in [-0.25, -0.2) is 4.39 Å². The lowest BCUT2D eigenvalue weighted by molar-refractivity contribution is -0.604. The summed E-state index contributed by atoms with van der Waals surface area (Å²) in [6.07, 6.45) is 1.67. The molecule has 0 fully saturated rings. The summed E-state index contributed by atoms with van der Waals surface area (Å²) in [5, 5.41) is 10.1. The number of nitrogens with zero attached hydrogens (tertiary/aromatic N) is 2. The van der Waals surface area contributed by atoms with E-state index >= 15 is 0 Å². The van der Waals surface area contributed by atoms with E-state index in [2.05, 4.69) is 15.5 Å². The molecule has 1 aliphatic rings. The molecule has 1 aliphatic heterocycles. The van der Waals surface area contributed by atoms with Crippen molar-refractivity contribution in [3.8, 4) is 5.69 Å². The van der Waals surface area contributed by atoms with Crippen molar-refractivity contribution < 1.29 is 8.96 Å². The van der Waals surface area contributed by atoms with Crippen LogP contribution in [0.4, 0.5) is 4.39 Å². The van der Waals surface area contributed by atoms with E-state index in [1.165, 1.54) is 12.1 Å². The third-order valence-electron chi connectivity index (χ3n) is 2.57. The Balaban J connectivity index is 2.27. The molecule has 0 aliphatic carbocycles. The van der Waals surface area contributed by atoms with E-state index in [1.807, 2.05) is 4.57 Å². The van der Waals surface area contributed by atoms with Gasteiger partial charge in [0.1, 0.15) is 11.5 Å². The van der Waals surface area contributed by atoms with Crippen LogP contribution in [0.1, 0.15) is 11.4 Å². The fourth-order valence-electron chi connectivity index (χ4n) is 1.84. The van der Waals surface area contributed by atoms with Gasteiger partial charge in [-0.05, 0) is 6.07 Å². The topological polar surface area (TPSA) is 44.6 Å². The highest BCUT2D eigenvalue weighted by atomic mass is 19.1. The number of fused-ring (bicyclic) bond motifs is 3. The third-order valence-corrected chi connectivity index (χ3v) is 2.57. The SMILES string of the molecule is Fc1ccc2c(c1)-[n+]1cn[nH]c1CNC2. The molecule has 0 radical (unpaired) electrons. The average molecular weight is 205 g/mol. The molecule has 76 valence electrons. The maximum absolute atomic E-state index is 13.2. The monoisotopic (exact) mass is 205 g/mol. The molecule has 2 N–H and O–H groups in total. The van der Waals surface area contributed by atoms with E-state index in [-0.39, 0.29) is 5.82 Å². The minimum Gasteiger partial charge on any atom is -0.303 e. The highest BCUT2D eigenvalue weighted by Gasteiger charge is 2.19. The number of aromatic amines is 1. The Morgan fingerprint density at radius 2 is 2.27 bits per heavy atom. The molecular formula is C10H10FN4+. The molecular weight excluding hydrogens is 195 g/mol. The van der Waals surface area contributed by atoms with Gasteiger partial charge >= 0.3 is 0 Å². The van der Waals surface area contributed by atoms with Gasteiger partial charge < -0.3 is 5.32 Å². The molecule has 4 nitrogen and oxygen atoms in total. The second-order valence-corrected chi connectivity index (χ2v) is 3.55. The van der Waals surface area contributed by atoms with Crippen molar-refractivity contribution in [1.29, 1.82) is 0 Å². The Hall–Kier alpha value is -1.75. The molecule has 5 heteroatoms. The van der Waals surface area contributed by atoms with Crippen LogP contribution < -0.4 is 9.88 Å². The molecule has 3 rings (SSSR count). The third kappa shape index (κ3) is 1.32. The fraction of sp³-hybridized carbons (Fsp3) is 0.200. The van der Waals surface area contributed by atoms with Crippen molar-refractivity contribution in [2.45, 2.75) is 13.1 Å². The van der Waals surface area contributed by atoms with E-state index in [0.717, 1.165) is 23.6 Å². The van der Waals surface area contributed by atoms with Crippen LogP contribution in [0.15, 0.2) is 24.5 Å². The highest BCUT2D eigenvalue weighted by molar-refractivity contribution is 5.34. The number of hydrogen-bond acceptors (Lipinski definition) is 2. The minimum atomic E-state index is -0.227. The van der Waals surface area contributed by atoms with Crippen LogP contribution in [0.5, 0.6) is 0 Å². The van der Waals surface area contributed by atoms with Gasteiger partial charge in [-0.3, -0.25) is 0 Å². The summed E-state index contributed by atoms with van der Waals surface area (Å²) in [6, 6.07) is 4.81. The molecule has 1 aromatic carbocycles. The molecule has 2 aromatic rings. The summed E-state index contributed by atoms with van der Waals surface area (Å²) >= 11 is 0. The van der Waals surface area contributed by atoms with Crippen LogP contribution in [0.25, 0.3) is 5.69 Å². The smallest absolute Gasteiger partial charge is 0.270 e. The van der Waals surface area contributed by atoms with Gasteiger partial charge in [0.15, 0.2) is 0 Å². The van der Waals surface area contributed by atoms with Crippen molar-refractivity contribution in [2.75, 3.05) is 0 Å². The first-order chi connectivity index (χ1) is 7.34. The largest absolute Gasteiger partial charge is 0.303 e. The molecule has 0 saturated carbocycles. The van der Waals surface area contributed by atoms with Gasteiger partial charge in [0.2, 0.25) is 0 Å². The number of halogens is 1. The maximum Gasteiger partial charge on any atom is 0.270 e. The lowest BCUT2D eigenvalue weighted by Crippen LogP contribution is -2.33. The summed E-state index contributed by atoms with van der Waals surface area (Å²) in [6.45, 7) is 1.45. The van der Waals surface area contributed by atoms with Gasteiger partial charge in [0.05, 0.1) is 6.54 Å². The van der Waals surface area contributed by atoms with Gasteiger partial charge in [-0.2, -0.15) is 4.57 Å². The molecule has 2 heterocycles. The summed E-state index contributed by atoms with van der Waals surface area (Å²) in [5.74, 6) is 0.703. The Kier molecular flexibility index (Phi) is 1.78. The zero-order valence-corrected chi connectivity index (χ0v) is 8.00. The molecule has 15 heavy (non-hydrogen) atoms. The Bertz CT molecular complexity index is 506. The second-order valence-electron chi connectivity index (χ2n) is 3.55. The highest BCUT2D eigenvalue weighted by Crippen LogP contribution is 2.13. The van der Waals surface area contributed by atoms with Gasteiger partial charge in [-0.15, -0.1) is 5.10 Å². The fourth-order valence-corrected chi connectivity index (χ4v) is 1.84. The van der Waals surface area contributed by atoms with E-state index in [4.69, 9.17) is 0 Å². The van der Waals surface area contributed by atoms with E-state index < -0.39 is 0 Å². The first-order valence-electron chi connectivity index (χ1n) is 4.78. The first kappa shape index (κ1) is 8.55. The van der Waals surface area contributed by atoms with E-state index in [0.29, 0.717) is 6.54 Å². The van der Waals surface area contributed by atoms with Crippen LogP contribution in [-0.4, -0.2) is 10.2 Å². The van der Waals surface area contributed by atoms with Gasteiger partial charge in [-0.1, -0.05) is 6.07 Å². The van der Waals surface area contributed by atoms with Crippen molar-refractivity contribution in [1.82, 2.24) is 15.5 Å². The first-order valence-corrected chi connectivity index (χ1v) is 4.78. The predicted octanol–water partition coefficient (Wildman–Crippen LogP) is 0.429.